The highest BCUT2D eigenvalue weighted by atomic mass is 79.9. The largest absolute Gasteiger partial charge is 0.488 e. The van der Waals surface area contributed by atoms with Crippen molar-refractivity contribution < 1.29 is 66.6 Å². The summed E-state index contributed by atoms with van der Waals surface area (Å²) >= 11 is 2.90. The Hall–Kier alpha value is -6.89. The molecule has 0 aromatic heterocycles. The topological polar surface area (TPSA) is 227 Å². The summed E-state index contributed by atoms with van der Waals surface area (Å²) in [5, 5.41) is 0.281. The number of carbonyl (C=O) groups excluding carboxylic acids is 5. The second kappa shape index (κ2) is 29.5. The van der Waals surface area contributed by atoms with Crippen LogP contribution in [0.2, 0.25) is 0 Å². The van der Waals surface area contributed by atoms with Crippen molar-refractivity contribution in [2.45, 2.75) is 27.7 Å². The van der Waals surface area contributed by atoms with Crippen molar-refractivity contribution in [2.24, 2.45) is 0 Å². The number of rotatable bonds is 21. The van der Waals surface area contributed by atoms with Gasteiger partial charge in [0.25, 0.3) is 0 Å². The van der Waals surface area contributed by atoms with Crippen LogP contribution >= 0.6 is 15.9 Å². The molecule has 4 aromatic rings. The lowest BCUT2D eigenvalue weighted by Gasteiger charge is -2.26. The summed E-state index contributed by atoms with van der Waals surface area (Å²) in [6.45, 7) is 8.02. The van der Waals surface area contributed by atoms with Crippen molar-refractivity contribution in [3.63, 3.8) is 0 Å². The number of alkyl halides is 1. The average Bonchev–Trinajstić information content (AvgIpc) is 3.30. The Labute approximate surface area is 394 Å². The standard InChI is InChI=1S/C28H36N2O10.C16H20N2O2.C3H5BrO2/c1-19-8-10-23(22(13-19)30(17-27(33)37-5)18-28(34)38-6)39-11-12-40-24-14-20(2)7-9-21(24)29(15-25(31)35-3)16-26(32)36-4;1-11-4-6-15(14(18)9-11)19-7-8-20-16-10-12(2)3-5-13(16)17;1-6-3(5)2-4/h7-10,13-14H,11-12,15-18H2,1-6H3;3-6,9-10H,7-8,17-18H2,1-2H3;2H2,1H3. The van der Waals surface area contributed by atoms with Crippen LogP contribution in [0.15, 0.2) is 72.8 Å². The van der Waals surface area contributed by atoms with Crippen molar-refractivity contribution in [2.75, 3.05) is 115 Å². The maximum Gasteiger partial charge on any atom is 0.325 e. The van der Waals surface area contributed by atoms with Crippen LogP contribution in [-0.4, -0.2) is 123 Å². The lowest BCUT2D eigenvalue weighted by Crippen LogP contribution is -2.36. The Balaban J connectivity index is 0.000000473. The summed E-state index contributed by atoms with van der Waals surface area (Å²) in [4.78, 5) is 61.0. The zero-order valence-corrected chi connectivity index (χ0v) is 40.5. The van der Waals surface area contributed by atoms with E-state index in [4.69, 9.17) is 49.4 Å². The van der Waals surface area contributed by atoms with E-state index in [2.05, 4.69) is 20.7 Å². The summed E-state index contributed by atoms with van der Waals surface area (Å²) < 4.78 is 46.5. The summed E-state index contributed by atoms with van der Waals surface area (Å²) in [5.74, 6) is -0.159. The highest BCUT2D eigenvalue weighted by Gasteiger charge is 2.22. The molecule has 0 unspecified atom stereocenters. The molecule has 0 radical (unpaired) electrons. The molecular weight excluding hydrogens is 924 g/mol. The normalized spacial score (nSPS) is 10.0. The van der Waals surface area contributed by atoms with Crippen molar-refractivity contribution in [3.8, 4) is 23.0 Å². The fourth-order valence-electron chi connectivity index (χ4n) is 5.56. The number of carbonyl (C=O) groups is 5. The third-order valence-electron chi connectivity index (χ3n) is 8.97. The summed E-state index contributed by atoms with van der Waals surface area (Å²) in [6.07, 6.45) is 0. The maximum absolute atomic E-state index is 12.0. The molecule has 0 fully saturated rings. The van der Waals surface area contributed by atoms with Gasteiger partial charge in [-0.25, -0.2) is 0 Å². The van der Waals surface area contributed by atoms with Crippen LogP contribution in [0.25, 0.3) is 0 Å². The number of hydrogen-bond donors (Lipinski definition) is 2. The third kappa shape index (κ3) is 19.9. The van der Waals surface area contributed by atoms with E-state index in [0.717, 1.165) is 22.3 Å². The number of nitrogens with two attached hydrogens (primary N) is 2. The van der Waals surface area contributed by atoms with E-state index >= 15 is 0 Å². The number of anilines is 4. The minimum absolute atomic E-state index is 0.0989. The van der Waals surface area contributed by atoms with Crippen LogP contribution in [0.1, 0.15) is 22.3 Å². The first-order valence-electron chi connectivity index (χ1n) is 20.3. The van der Waals surface area contributed by atoms with Gasteiger partial charge in [-0.1, -0.05) is 40.2 Å². The Morgan fingerprint density at radius 3 is 1.24 bits per heavy atom. The molecule has 0 amide bonds. The second-order valence-corrected chi connectivity index (χ2v) is 14.7. The molecular formula is C47H61BrN4O14. The van der Waals surface area contributed by atoms with Gasteiger partial charge in [-0.3, -0.25) is 24.0 Å². The van der Waals surface area contributed by atoms with Crippen LogP contribution in [0.5, 0.6) is 23.0 Å². The van der Waals surface area contributed by atoms with Gasteiger partial charge in [0.05, 0.1) is 58.3 Å². The Kier molecular flexibility index (Phi) is 24.7. The lowest BCUT2D eigenvalue weighted by atomic mass is 10.2. The molecule has 0 bridgehead atoms. The number of aryl methyl sites for hydroxylation is 4. The fraction of sp³-hybridized carbons (Fsp3) is 0.383. The molecule has 0 atom stereocenters. The molecule has 4 N–H and O–H groups in total. The number of ether oxygens (including phenoxy) is 9. The Morgan fingerprint density at radius 1 is 0.424 bits per heavy atom. The molecule has 0 aliphatic carbocycles. The van der Waals surface area contributed by atoms with Crippen molar-refractivity contribution in [1.82, 2.24) is 0 Å². The van der Waals surface area contributed by atoms with Gasteiger partial charge in [0.1, 0.15) is 80.9 Å². The third-order valence-corrected chi connectivity index (χ3v) is 9.43. The molecule has 0 aliphatic heterocycles. The van der Waals surface area contributed by atoms with Gasteiger partial charge in [-0.15, -0.1) is 0 Å². The van der Waals surface area contributed by atoms with Gasteiger partial charge in [-0.05, 0) is 98.5 Å². The molecule has 19 heteroatoms. The molecule has 66 heavy (non-hydrogen) atoms. The van der Waals surface area contributed by atoms with E-state index in [-0.39, 0.29) is 50.7 Å². The molecule has 4 rings (SSSR count). The highest BCUT2D eigenvalue weighted by molar-refractivity contribution is 9.09. The minimum Gasteiger partial charge on any atom is -0.488 e. The van der Waals surface area contributed by atoms with Crippen LogP contribution < -0.4 is 40.2 Å². The first-order chi connectivity index (χ1) is 31.5. The number of nitrogen functional groups attached to an aromatic ring is 2. The van der Waals surface area contributed by atoms with E-state index in [1.165, 1.54) is 45.3 Å². The monoisotopic (exact) mass is 984 g/mol. The number of methoxy groups -OCH3 is 5. The smallest absolute Gasteiger partial charge is 0.325 e. The summed E-state index contributed by atoms with van der Waals surface area (Å²) in [7, 11) is 6.41. The van der Waals surface area contributed by atoms with Gasteiger partial charge >= 0.3 is 29.8 Å². The predicted octanol–water partition coefficient (Wildman–Crippen LogP) is 5.55. The molecule has 0 saturated carbocycles. The quantitative estimate of drug-likeness (QED) is 0.0343. The molecule has 360 valence electrons. The first-order valence-corrected chi connectivity index (χ1v) is 21.5. The van der Waals surface area contributed by atoms with E-state index in [9.17, 15) is 24.0 Å². The van der Waals surface area contributed by atoms with Gasteiger partial charge in [0, 0.05) is 0 Å². The number of nitrogens with zero attached hydrogens (tertiary/aromatic N) is 2. The van der Waals surface area contributed by atoms with Gasteiger partial charge in [-0.2, -0.15) is 0 Å². The van der Waals surface area contributed by atoms with Crippen LogP contribution in [0.4, 0.5) is 22.7 Å². The van der Waals surface area contributed by atoms with Gasteiger partial charge < -0.3 is 63.9 Å². The molecule has 0 aliphatic rings. The minimum atomic E-state index is -0.533. The average molecular weight is 986 g/mol. The van der Waals surface area contributed by atoms with E-state index in [0.29, 0.717) is 59.0 Å². The number of hydrogen-bond acceptors (Lipinski definition) is 18. The molecule has 0 spiro atoms. The van der Waals surface area contributed by atoms with Crippen LogP contribution in [-0.2, 0) is 47.7 Å². The Bertz CT molecular complexity index is 2160. The van der Waals surface area contributed by atoms with Crippen molar-refractivity contribution in [1.29, 1.82) is 0 Å². The van der Waals surface area contributed by atoms with Gasteiger partial charge in [0.15, 0.2) is 0 Å². The molecule has 0 saturated heterocycles. The molecule has 0 heterocycles. The fourth-order valence-corrected chi connectivity index (χ4v) is 5.78. The summed E-state index contributed by atoms with van der Waals surface area (Å²) in [5.41, 5.74) is 18.0. The van der Waals surface area contributed by atoms with Crippen LogP contribution in [0.3, 0.4) is 0 Å². The zero-order valence-electron chi connectivity index (χ0n) is 38.9. The predicted molar refractivity (Wildman–Crippen MR) is 254 cm³/mol. The van der Waals surface area contributed by atoms with Crippen LogP contribution in [0, 0.1) is 27.7 Å². The van der Waals surface area contributed by atoms with Gasteiger partial charge in [0.2, 0.25) is 0 Å². The summed E-state index contributed by atoms with van der Waals surface area (Å²) in [6, 6.07) is 22.1. The van der Waals surface area contributed by atoms with E-state index < -0.39 is 23.9 Å². The first kappa shape index (κ1) is 55.2. The zero-order chi connectivity index (χ0) is 49.2. The highest BCUT2D eigenvalue weighted by Crippen LogP contribution is 2.32. The Morgan fingerprint density at radius 2 is 0.788 bits per heavy atom. The molecule has 18 nitrogen and oxygen atoms in total. The second-order valence-electron chi connectivity index (χ2n) is 14.1. The van der Waals surface area contributed by atoms with Crippen molar-refractivity contribution in [3.05, 3.63) is 95.1 Å². The maximum atomic E-state index is 12.0. The number of esters is 5. The van der Waals surface area contributed by atoms with Crippen molar-refractivity contribution >= 4 is 68.5 Å². The van der Waals surface area contributed by atoms with E-state index in [1.807, 2.05) is 76.2 Å². The lowest BCUT2D eigenvalue weighted by molar-refractivity contribution is -0.141. The van der Waals surface area contributed by atoms with E-state index in [1.54, 1.807) is 24.3 Å². The number of halogens is 1. The molecule has 4 aromatic carbocycles. The SMILES string of the molecule is COC(=O)CBr.COC(=O)CN(CC(=O)OC)c1ccc(C)cc1OCCOc1ccc(C)cc1N(CC(=O)OC)CC(=O)OC.Cc1ccc(OCCOc2cc(C)ccc2N)c(N)c1. The number of benzene rings is 4.